The Morgan fingerprint density at radius 1 is 1.24 bits per heavy atom. The monoisotopic (exact) mass is 300 g/mol. The fourth-order valence-corrected chi connectivity index (χ4v) is 1.94. The smallest absolute Gasteiger partial charge is 0.255 e. The van der Waals surface area contributed by atoms with Gasteiger partial charge in [-0.2, -0.15) is 0 Å². The van der Waals surface area contributed by atoms with E-state index >= 15 is 0 Å². The third-order valence-electron chi connectivity index (χ3n) is 3.05. The van der Waals surface area contributed by atoms with Gasteiger partial charge in [-0.1, -0.05) is 27.7 Å². The van der Waals surface area contributed by atoms with E-state index in [2.05, 4.69) is 29.1 Å². The molecule has 0 amide bonds. The number of nitrogens with one attached hydrogen (secondary N) is 1. The van der Waals surface area contributed by atoms with Gasteiger partial charge in [0.05, 0.1) is 24.1 Å². The topological polar surface area (TPSA) is 41.1 Å². The maximum absolute atomic E-state index is 12.6. The van der Waals surface area contributed by atoms with E-state index < -0.39 is 6.43 Å². The maximum Gasteiger partial charge on any atom is 0.255 e. The molecule has 1 N–H and O–H groups in total. The minimum atomic E-state index is -2.38. The molecule has 1 aromatic rings. The van der Waals surface area contributed by atoms with Crippen molar-refractivity contribution in [2.75, 3.05) is 25.0 Å². The number of hydrogen-bond donors (Lipinski definition) is 1. The highest BCUT2D eigenvalue weighted by atomic mass is 19.3. The first-order chi connectivity index (χ1) is 9.81. The van der Waals surface area contributed by atoms with Gasteiger partial charge in [-0.15, -0.1) is 0 Å². The second-order valence-corrected chi connectivity index (χ2v) is 6.01. The summed E-state index contributed by atoms with van der Waals surface area (Å²) in [6.07, 6.45) is -0.729. The van der Waals surface area contributed by atoms with E-state index in [9.17, 15) is 8.78 Å². The molecule has 0 aliphatic heterocycles. The molecule has 0 radical (unpaired) electrons. The molecule has 120 valence electrons. The Bertz CT molecular complexity index is 436. The second kappa shape index (κ2) is 8.22. The van der Waals surface area contributed by atoms with Gasteiger partial charge < -0.3 is 10.2 Å². The SMILES string of the molecule is CC(C)CNCc1nc(C(C)C)ncc1N(C)CC(F)F. The average Bonchev–Trinajstić information content (AvgIpc) is 2.37. The van der Waals surface area contributed by atoms with Crippen molar-refractivity contribution in [2.45, 2.75) is 46.6 Å². The predicted molar refractivity (Wildman–Crippen MR) is 81.9 cm³/mol. The molecule has 0 spiro atoms. The van der Waals surface area contributed by atoms with Gasteiger partial charge in [0.15, 0.2) is 0 Å². The van der Waals surface area contributed by atoms with Crippen LogP contribution in [0.2, 0.25) is 0 Å². The number of aromatic nitrogens is 2. The van der Waals surface area contributed by atoms with Crippen LogP contribution in [0.15, 0.2) is 6.20 Å². The molecule has 0 aliphatic carbocycles. The molecule has 0 aromatic carbocycles. The largest absolute Gasteiger partial charge is 0.366 e. The van der Waals surface area contributed by atoms with Crippen LogP contribution in [0.3, 0.4) is 0 Å². The molecule has 0 bridgehead atoms. The van der Waals surface area contributed by atoms with Crippen molar-refractivity contribution in [2.24, 2.45) is 5.92 Å². The van der Waals surface area contributed by atoms with Crippen LogP contribution in [0, 0.1) is 5.92 Å². The van der Waals surface area contributed by atoms with Crippen LogP contribution in [0.4, 0.5) is 14.5 Å². The fourth-order valence-electron chi connectivity index (χ4n) is 1.94. The zero-order chi connectivity index (χ0) is 16.0. The molecule has 6 heteroatoms. The highest BCUT2D eigenvalue weighted by molar-refractivity contribution is 5.48. The Morgan fingerprint density at radius 3 is 2.43 bits per heavy atom. The summed E-state index contributed by atoms with van der Waals surface area (Å²) in [5, 5.41) is 3.31. The van der Waals surface area contributed by atoms with Crippen LogP contribution >= 0.6 is 0 Å². The molecule has 0 saturated heterocycles. The highest BCUT2D eigenvalue weighted by Gasteiger charge is 2.15. The van der Waals surface area contributed by atoms with E-state index in [0.29, 0.717) is 18.2 Å². The van der Waals surface area contributed by atoms with Gasteiger partial charge in [0, 0.05) is 19.5 Å². The summed E-state index contributed by atoms with van der Waals surface area (Å²) >= 11 is 0. The lowest BCUT2D eigenvalue weighted by Gasteiger charge is -2.22. The molecular weight excluding hydrogens is 274 g/mol. The van der Waals surface area contributed by atoms with Crippen molar-refractivity contribution in [3.8, 4) is 0 Å². The van der Waals surface area contributed by atoms with Gasteiger partial charge >= 0.3 is 0 Å². The minimum absolute atomic E-state index is 0.211. The van der Waals surface area contributed by atoms with E-state index in [1.165, 1.54) is 4.90 Å². The molecule has 21 heavy (non-hydrogen) atoms. The van der Waals surface area contributed by atoms with Gasteiger partial charge in [-0.3, -0.25) is 0 Å². The van der Waals surface area contributed by atoms with E-state index in [0.717, 1.165) is 18.1 Å². The molecular formula is C15H26F2N4. The van der Waals surface area contributed by atoms with Gasteiger partial charge in [-0.25, -0.2) is 18.7 Å². The van der Waals surface area contributed by atoms with Crippen LogP contribution in [0.25, 0.3) is 0 Å². The predicted octanol–water partition coefficient (Wildman–Crippen LogP) is 3.05. The zero-order valence-corrected chi connectivity index (χ0v) is 13.5. The summed E-state index contributed by atoms with van der Waals surface area (Å²) in [5.74, 6) is 1.48. The molecule has 4 nitrogen and oxygen atoms in total. The summed E-state index contributed by atoms with van der Waals surface area (Å²) in [6.45, 7) is 9.38. The number of nitrogens with zero attached hydrogens (tertiary/aromatic N) is 3. The van der Waals surface area contributed by atoms with E-state index in [4.69, 9.17) is 0 Å². The number of rotatable bonds is 8. The molecule has 1 rings (SSSR count). The first kappa shape index (κ1) is 17.8. The lowest BCUT2D eigenvalue weighted by molar-refractivity contribution is 0.156. The maximum atomic E-state index is 12.6. The molecule has 0 saturated carbocycles. The van der Waals surface area contributed by atoms with Crippen molar-refractivity contribution in [1.82, 2.24) is 15.3 Å². The molecule has 0 fully saturated rings. The Morgan fingerprint density at radius 2 is 1.90 bits per heavy atom. The molecule has 0 atom stereocenters. The van der Waals surface area contributed by atoms with Crippen molar-refractivity contribution in [3.05, 3.63) is 17.7 Å². The normalized spacial score (nSPS) is 11.7. The van der Waals surface area contributed by atoms with Crippen molar-refractivity contribution >= 4 is 5.69 Å². The molecule has 0 aliphatic rings. The highest BCUT2D eigenvalue weighted by Crippen LogP contribution is 2.20. The summed E-state index contributed by atoms with van der Waals surface area (Å²) in [6, 6.07) is 0. The quantitative estimate of drug-likeness (QED) is 0.801. The van der Waals surface area contributed by atoms with E-state index in [-0.39, 0.29) is 12.5 Å². The Labute approximate surface area is 126 Å². The van der Waals surface area contributed by atoms with Crippen LogP contribution in [-0.2, 0) is 6.54 Å². The second-order valence-electron chi connectivity index (χ2n) is 6.01. The number of halogens is 2. The van der Waals surface area contributed by atoms with Crippen LogP contribution in [0.1, 0.15) is 45.1 Å². The van der Waals surface area contributed by atoms with E-state index in [1.54, 1.807) is 13.2 Å². The van der Waals surface area contributed by atoms with Crippen molar-refractivity contribution < 1.29 is 8.78 Å². The molecule has 0 unspecified atom stereocenters. The van der Waals surface area contributed by atoms with Crippen molar-refractivity contribution in [3.63, 3.8) is 0 Å². The third-order valence-corrected chi connectivity index (χ3v) is 3.05. The molecule has 1 heterocycles. The first-order valence-corrected chi connectivity index (χ1v) is 7.37. The first-order valence-electron chi connectivity index (χ1n) is 7.37. The van der Waals surface area contributed by atoms with Gasteiger partial charge in [0.25, 0.3) is 6.43 Å². The number of hydrogen-bond acceptors (Lipinski definition) is 4. The summed E-state index contributed by atoms with van der Waals surface area (Å²) in [4.78, 5) is 10.3. The third kappa shape index (κ3) is 5.91. The Kier molecular flexibility index (Phi) is 6.95. The fraction of sp³-hybridized carbons (Fsp3) is 0.733. The van der Waals surface area contributed by atoms with Crippen LogP contribution < -0.4 is 10.2 Å². The number of alkyl halides is 2. The van der Waals surface area contributed by atoms with E-state index in [1.807, 2.05) is 13.8 Å². The summed E-state index contributed by atoms with van der Waals surface area (Å²) in [7, 11) is 1.64. The molecule has 1 aromatic heterocycles. The Balaban J connectivity index is 2.93. The lowest BCUT2D eigenvalue weighted by atomic mass is 10.2. The van der Waals surface area contributed by atoms with Crippen LogP contribution in [-0.4, -0.2) is 36.5 Å². The van der Waals surface area contributed by atoms with Gasteiger partial charge in [0.2, 0.25) is 0 Å². The zero-order valence-electron chi connectivity index (χ0n) is 13.5. The average molecular weight is 300 g/mol. The van der Waals surface area contributed by atoms with Crippen LogP contribution in [0.5, 0.6) is 0 Å². The Hall–Kier alpha value is -1.30. The van der Waals surface area contributed by atoms with Gasteiger partial charge in [-0.05, 0) is 12.5 Å². The standard InChI is InChI=1S/C15H26F2N4/c1-10(2)6-18-7-12-13(21(5)9-14(16)17)8-19-15(20-12)11(3)4/h8,10-11,14,18H,6-7,9H2,1-5H3. The minimum Gasteiger partial charge on any atom is -0.366 e. The number of anilines is 1. The van der Waals surface area contributed by atoms with Crippen molar-refractivity contribution in [1.29, 1.82) is 0 Å². The van der Waals surface area contributed by atoms with Gasteiger partial charge in [0.1, 0.15) is 5.82 Å². The summed E-state index contributed by atoms with van der Waals surface area (Å²) in [5.41, 5.74) is 1.44. The lowest BCUT2D eigenvalue weighted by Crippen LogP contribution is -2.28. The summed E-state index contributed by atoms with van der Waals surface area (Å²) < 4.78 is 25.1.